The lowest BCUT2D eigenvalue weighted by Crippen LogP contribution is -2.49. The lowest BCUT2D eigenvalue weighted by atomic mass is 10.1. The van der Waals surface area contributed by atoms with Gasteiger partial charge in [0, 0.05) is 31.7 Å². The molecule has 0 bridgehead atoms. The highest BCUT2D eigenvalue weighted by Gasteiger charge is 2.29. The van der Waals surface area contributed by atoms with Crippen LogP contribution in [0, 0.1) is 5.82 Å². The predicted molar refractivity (Wildman–Crippen MR) is 103 cm³/mol. The molecule has 1 unspecified atom stereocenters. The van der Waals surface area contributed by atoms with Crippen molar-refractivity contribution >= 4 is 16.9 Å². The Balaban J connectivity index is 1.49. The maximum Gasteiger partial charge on any atom is 0.320 e. The van der Waals surface area contributed by atoms with Crippen LogP contribution < -0.4 is 0 Å². The van der Waals surface area contributed by atoms with E-state index in [2.05, 4.69) is 9.88 Å². The van der Waals surface area contributed by atoms with E-state index < -0.39 is 6.55 Å². The molecule has 1 amide bonds. The summed E-state index contributed by atoms with van der Waals surface area (Å²) in [6.07, 6.45) is 0. The van der Waals surface area contributed by atoms with Crippen molar-refractivity contribution in [1.29, 1.82) is 0 Å². The summed E-state index contributed by atoms with van der Waals surface area (Å²) in [7, 11) is 0. The van der Waals surface area contributed by atoms with Crippen LogP contribution in [0.1, 0.15) is 35.7 Å². The van der Waals surface area contributed by atoms with Crippen molar-refractivity contribution in [3.63, 3.8) is 0 Å². The van der Waals surface area contributed by atoms with Gasteiger partial charge in [0.05, 0.1) is 17.1 Å². The molecule has 0 radical (unpaired) electrons. The van der Waals surface area contributed by atoms with Crippen molar-refractivity contribution in [2.75, 3.05) is 26.2 Å². The minimum atomic E-state index is -2.68. The van der Waals surface area contributed by atoms with Gasteiger partial charge < -0.3 is 4.90 Å². The Morgan fingerprint density at radius 3 is 2.31 bits per heavy atom. The van der Waals surface area contributed by atoms with Crippen LogP contribution in [0.15, 0.2) is 48.5 Å². The topological polar surface area (TPSA) is 41.4 Å². The minimum absolute atomic E-state index is 0.155. The smallest absolute Gasteiger partial charge is 0.320 e. The van der Waals surface area contributed by atoms with Crippen LogP contribution in [0.2, 0.25) is 0 Å². The third kappa shape index (κ3) is 3.72. The summed E-state index contributed by atoms with van der Waals surface area (Å²) in [6.45, 7) is 1.20. The Morgan fingerprint density at radius 1 is 1.00 bits per heavy atom. The van der Waals surface area contributed by atoms with E-state index in [4.69, 9.17) is 0 Å². The number of nitrogens with zero attached hydrogens (tertiary/aromatic N) is 4. The minimum Gasteiger partial charge on any atom is -0.336 e. The zero-order valence-electron chi connectivity index (χ0n) is 15.9. The van der Waals surface area contributed by atoms with Gasteiger partial charge in [0.2, 0.25) is 0 Å². The van der Waals surface area contributed by atoms with E-state index in [0.29, 0.717) is 48.6 Å². The number of carbonyl (C=O) groups is 1. The highest BCUT2D eigenvalue weighted by molar-refractivity contribution is 5.94. The monoisotopic (exact) mass is 402 g/mol. The first-order valence-electron chi connectivity index (χ1n) is 9.49. The van der Waals surface area contributed by atoms with Gasteiger partial charge in [-0.3, -0.25) is 14.3 Å². The molecule has 0 saturated carbocycles. The fourth-order valence-electron chi connectivity index (χ4n) is 3.81. The van der Waals surface area contributed by atoms with Crippen molar-refractivity contribution < 1.29 is 18.0 Å². The summed E-state index contributed by atoms with van der Waals surface area (Å²) >= 11 is 0. The van der Waals surface area contributed by atoms with Gasteiger partial charge in [-0.15, -0.1) is 0 Å². The number of halogens is 3. The lowest BCUT2D eigenvalue weighted by Gasteiger charge is -2.37. The van der Waals surface area contributed by atoms with Gasteiger partial charge in [0.15, 0.2) is 0 Å². The van der Waals surface area contributed by atoms with E-state index in [0.717, 1.165) is 4.57 Å². The molecule has 152 valence electrons. The number of imidazole rings is 1. The first kappa shape index (κ1) is 19.4. The molecule has 1 fully saturated rings. The number of carbonyl (C=O) groups excluding carboxylic acids is 1. The number of alkyl halides is 2. The average Bonchev–Trinajstić information content (AvgIpc) is 3.13. The van der Waals surface area contributed by atoms with Gasteiger partial charge in [-0.05, 0) is 43.3 Å². The Labute approximate surface area is 166 Å². The Bertz CT molecular complexity index is 1010. The second-order valence-corrected chi connectivity index (χ2v) is 7.12. The summed E-state index contributed by atoms with van der Waals surface area (Å²) in [5, 5.41) is 0. The molecule has 0 aliphatic carbocycles. The highest BCUT2D eigenvalue weighted by atomic mass is 19.3. The van der Waals surface area contributed by atoms with E-state index in [9.17, 15) is 18.0 Å². The third-order valence-electron chi connectivity index (χ3n) is 5.43. The number of aromatic nitrogens is 2. The van der Waals surface area contributed by atoms with Gasteiger partial charge in [0.1, 0.15) is 11.6 Å². The second-order valence-electron chi connectivity index (χ2n) is 7.12. The molecule has 1 atom stereocenters. The zero-order valence-corrected chi connectivity index (χ0v) is 15.9. The van der Waals surface area contributed by atoms with E-state index in [1.807, 2.05) is 6.92 Å². The lowest BCUT2D eigenvalue weighted by molar-refractivity contribution is 0.0495. The molecular formula is C21H21F3N4O. The zero-order chi connectivity index (χ0) is 20.5. The molecule has 1 aliphatic heterocycles. The molecule has 2 aromatic carbocycles. The molecular weight excluding hydrogens is 381 g/mol. The SMILES string of the molecule is CC(c1nc2ccccc2n1C(F)F)N1CCN(C(=O)c2ccc(F)cc2)CC1. The van der Waals surface area contributed by atoms with Gasteiger partial charge in [-0.1, -0.05) is 12.1 Å². The molecule has 8 heteroatoms. The molecule has 1 saturated heterocycles. The van der Waals surface area contributed by atoms with Gasteiger partial charge in [0.25, 0.3) is 5.91 Å². The predicted octanol–water partition coefficient (Wildman–Crippen LogP) is 4.09. The number of amides is 1. The fourth-order valence-corrected chi connectivity index (χ4v) is 3.81. The van der Waals surface area contributed by atoms with Crippen LogP contribution in [0.3, 0.4) is 0 Å². The Morgan fingerprint density at radius 2 is 1.66 bits per heavy atom. The number of fused-ring (bicyclic) bond motifs is 1. The molecule has 3 aromatic rings. The van der Waals surface area contributed by atoms with Crippen molar-refractivity contribution in [2.45, 2.75) is 19.5 Å². The molecule has 29 heavy (non-hydrogen) atoms. The average molecular weight is 402 g/mol. The van der Waals surface area contributed by atoms with Crippen LogP contribution in [-0.4, -0.2) is 51.4 Å². The standard InChI is InChI=1S/C21H21F3N4O/c1-14(19-25-17-4-2-3-5-18(17)28(19)21(23)24)26-10-12-27(13-11-26)20(29)15-6-8-16(22)9-7-15/h2-9,14,21H,10-13H2,1H3. The van der Waals surface area contributed by atoms with Gasteiger partial charge >= 0.3 is 6.55 Å². The number of para-hydroxylation sites is 2. The summed E-state index contributed by atoms with van der Waals surface area (Å²) in [4.78, 5) is 20.8. The summed E-state index contributed by atoms with van der Waals surface area (Å²) < 4.78 is 41.5. The molecule has 5 nitrogen and oxygen atoms in total. The van der Waals surface area contributed by atoms with Gasteiger partial charge in [-0.2, -0.15) is 8.78 Å². The number of piperazine rings is 1. The van der Waals surface area contributed by atoms with Crippen LogP contribution in [-0.2, 0) is 0 Å². The van der Waals surface area contributed by atoms with E-state index in [1.165, 1.54) is 24.3 Å². The first-order chi connectivity index (χ1) is 14.0. The van der Waals surface area contributed by atoms with Crippen LogP contribution in [0.4, 0.5) is 13.2 Å². The number of rotatable bonds is 4. The largest absolute Gasteiger partial charge is 0.336 e. The third-order valence-corrected chi connectivity index (χ3v) is 5.43. The number of hydrogen-bond acceptors (Lipinski definition) is 3. The van der Waals surface area contributed by atoms with Crippen molar-refractivity contribution in [2.24, 2.45) is 0 Å². The first-order valence-corrected chi connectivity index (χ1v) is 9.49. The van der Waals surface area contributed by atoms with Crippen molar-refractivity contribution in [1.82, 2.24) is 19.4 Å². The molecule has 1 aromatic heterocycles. The van der Waals surface area contributed by atoms with E-state index >= 15 is 0 Å². The molecule has 0 N–H and O–H groups in total. The number of benzene rings is 2. The Kier molecular flexibility index (Phi) is 5.27. The summed E-state index contributed by atoms with van der Waals surface area (Å²) in [5.41, 5.74) is 1.39. The van der Waals surface area contributed by atoms with Gasteiger partial charge in [-0.25, -0.2) is 9.37 Å². The summed E-state index contributed by atoms with van der Waals surface area (Å²) in [6, 6.07) is 12.0. The van der Waals surface area contributed by atoms with Crippen LogP contribution in [0.25, 0.3) is 11.0 Å². The van der Waals surface area contributed by atoms with Crippen molar-refractivity contribution in [3.8, 4) is 0 Å². The Hall–Kier alpha value is -2.87. The van der Waals surface area contributed by atoms with Crippen LogP contribution in [0.5, 0.6) is 0 Å². The van der Waals surface area contributed by atoms with E-state index in [1.54, 1.807) is 29.2 Å². The second kappa shape index (κ2) is 7.87. The van der Waals surface area contributed by atoms with Crippen molar-refractivity contribution in [3.05, 3.63) is 65.7 Å². The molecule has 1 aliphatic rings. The molecule has 4 rings (SSSR count). The highest BCUT2D eigenvalue weighted by Crippen LogP contribution is 2.30. The van der Waals surface area contributed by atoms with Crippen LogP contribution >= 0.6 is 0 Å². The number of hydrogen-bond donors (Lipinski definition) is 0. The molecule has 0 spiro atoms. The normalized spacial score (nSPS) is 16.5. The molecule has 2 heterocycles. The quantitative estimate of drug-likeness (QED) is 0.660. The summed E-state index contributed by atoms with van der Waals surface area (Å²) in [5.74, 6) is -0.223. The van der Waals surface area contributed by atoms with E-state index in [-0.39, 0.29) is 17.8 Å². The maximum atomic E-state index is 13.7. The maximum absolute atomic E-state index is 13.7. The fraction of sp³-hybridized carbons (Fsp3) is 0.333.